The molecule has 3 rings (SSSR count). The third-order valence-corrected chi connectivity index (χ3v) is 4.24. The van der Waals surface area contributed by atoms with Crippen molar-refractivity contribution in [3.63, 3.8) is 0 Å². The summed E-state index contributed by atoms with van der Waals surface area (Å²) in [6, 6.07) is 6.72. The fraction of sp³-hybridized carbons (Fsp3) is 0.333. The maximum Gasteiger partial charge on any atom is 0.321 e. The molecule has 2 amide bonds. The fourth-order valence-electron chi connectivity index (χ4n) is 2.54. The Morgan fingerprint density at radius 2 is 2.23 bits per heavy atom. The highest BCUT2D eigenvalue weighted by Crippen LogP contribution is 2.29. The lowest BCUT2D eigenvalue weighted by Gasteiger charge is -2.17. The molecule has 0 aliphatic carbocycles. The third-order valence-electron chi connectivity index (χ3n) is 3.70. The van der Waals surface area contributed by atoms with Crippen molar-refractivity contribution in [3.05, 3.63) is 45.8 Å². The summed E-state index contributed by atoms with van der Waals surface area (Å²) in [4.78, 5) is 14.1. The number of aromatic nitrogens is 1. The van der Waals surface area contributed by atoms with Crippen LogP contribution in [0, 0.1) is 6.92 Å². The Bertz CT molecular complexity index is 702. The van der Waals surface area contributed by atoms with Crippen molar-refractivity contribution in [2.75, 3.05) is 18.4 Å². The van der Waals surface area contributed by atoms with Gasteiger partial charge in [-0.2, -0.15) is 0 Å². The van der Waals surface area contributed by atoms with Crippen LogP contribution in [0.15, 0.2) is 28.8 Å². The first kappa shape index (κ1) is 15.2. The molecule has 1 saturated heterocycles. The second kappa shape index (κ2) is 6.18. The van der Waals surface area contributed by atoms with Crippen LogP contribution in [0.4, 0.5) is 10.5 Å². The SMILES string of the molecule is Cc1cc(C2CCN(C(=O)Nc3ccc(Cl)cc3Cl)C2)on1. The molecule has 1 atom stereocenters. The van der Waals surface area contributed by atoms with E-state index in [-0.39, 0.29) is 11.9 Å². The first-order chi connectivity index (χ1) is 10.5. The van der Waals surface area contributed by atoms with E-state index in [1.54, 1.807) is 23.1 Å². The van der Waals surface area contributed by atoms with Crippen molar-refractivity contribution in [3.8, 4) is 0 Å². The number of urea groups is 1. The van der Waals surface area contributed by atoms with E-state index in [1.807, 2.05) is 13.0 Å². The molecule has 5 nitrogen and oxygen atoms in total. The smallest absolute Gasteiger partial charge is 0.321 e. The number of aryl methyl sites for hydroxylation is 1. The Kier molecular flexibility index (Phi) is 4.27. The lowest BCUT2D eigenvalue weighted by Crippen LogP contribution is -2.32. The predicted octanol–water partition coefficient (Wildman–Crippen LogP) is 4.31. The molecular formula is C15H15Cl2N3O2. The van der Waals surface area contributed by atoms with Crippen LogP contribution in [-0.4, -0.2) is 29.2 Å². The summed E-state index contributed by atoms with van der Waals surface area (Å²) in [5.74, 6) is 1.02. The van der Waals surface area contributed by atoms with Crippen molar-refractivity contribution >= 4 is 34.9 Å². The first-order valence-corrected chi connectivity index (χ1v) is 7.72. The molecule has 1 fully saturated rings. The number of halogens is 2. The van der Waals surface area contributed by atoms with Gasteiger partial charge in [-0.15, -0.1) is 0 Å². The molecule has 1 aromatic heterocycles. The summed E-state index contributed by atoms with van der Waals surface area (Å²) in [5.41, 5.74) is 1.40. The van der Waals surface area contributed by atoms with E-state index in [2.05, 4.69) is 10.5 Å². The number of nitrogens with one attached hydrogen (secondary N) is 1. The van der Waals surface area contributed by atoms with E-state index in [1.165, 1.54) is 0 Å². The van der Waals surface area contributed by atoms with E-state index >= 15 is 0 Å². The van der Waals surface area contributed by atoms with Crippen LogP contribution >= 0.6 is 23.2 Å². The zero-order valence-corrected chi connectivity index (χ0v) is 13.5. The zero-order chi connectivity index (χ0) is 15.7. The molecule has 0 bridgehead atoms. The standard InChI is InChI=1S/C15H15Cl2N3O2/c1-9-6-14(22-19-9)10-4-5-20(8-10)15(21)18-13-3-2-11(16)7-12(13)17/h2-3,6-7,10H,4-5,8H2,1H3,(H,18,21). The number of anilines is 1. The second-order valence-corrected chi connectivity index (χ2v) is 6.20. The Morgan fingerprint density at radius 1 is 1.41 bits per heavy atom. The number of carbonyl (C=O) groups is 1. The molecular weight excluding hydrogens is 325 g/mol. The zero-order valence-electron chi connectivity index (χ0n) is 12.0. The molecule has 1 N–H and O–H groups in total. The van der Waals surface area contributed by atoms with Gasteiger partial charge in [0.05, 0.1) is 16.4 Å². The van der Waals surface area contributed by atoms with Crippen molar-refractivity contribution in [2.45, 2.75) is 19.3 Å². The fourth-order valence-corrected chi connectivity index (χ4v) is 2.99. The summed E-state index contributed by atoms with van der Waals surface area (Å²) in [6.07, 6.45) is 0.858. The van der Waals surface area contributed by atoms with E-state index < -0.39 is 0 Å². The topological polar surface area (TPSA) is 58.4 Å². The molecule has 0 radical (unpaired) electrons. The van der Waals surface area contributed by atoms with Gasteiger partial charge in [0.15, 0.2) is 0 Å². The number of amides is 2. The molecule has 1 aromatic carbocycles. The van der Waals surface area contributed by atoms with Gasteiger partial charge in [0, 0.05) is 30.1 Å². The lowest BCUT2D eigenvalue weighted by atomic mass is 10.1. The Labute approximate surface area is 138 Å². The second-order valence-electron chi connectivity index (χ2n) is 5.36. The summed E-state index contributed by atoms with van der Waals surface area (Å²) >= 11 is 11.9. The Balaban J connectivity index is 1.64. The molecule has 1 aliphatic heterocycles. The molecule has 116 valence electrons. The average Bonchev–Trinajstić information content (AvgIpc) is 3.10. The molecule has 22 heavy (non-hydrogen) atoms. The molecule has 0 saturated carbocycles. The van der Waals surface area contributed by atoms with Crippen LogP contribution in [0.2, 0.25) is 10.0 Å². The van der Waals surface area contributed by atoms with E-state index in [0.717, 1.165) is 17.9 Å². The minimum Gasteiger partial charge on any atom is -0.361 e. The van der Waals surface area contributed by atoms with Crippen molar-refractivity contribution in [2.24, 2.45) is 0 Å². The number of rotatable bonds is 2. The molecule has 1 aliphatic rings. The first-order valence-electron chi connectivity index (χ1n) is 6.97. The minimum absolute atomic E-state index is 0.178. The third kappa shape index (κ3) is 3.20. The lowest BCUT2D eigenvalue weighted by molar-refractivity contribution is 0.221. The van der Waals surface area contributed by atoms with Gasteiger partial charge < -0.3 is 14.7 Å². The quantitative estimate of drug-likeness (QED) is 0.886. The maximum absolute atomic E-state index is 12.3. The largest absolute Gasteiger partial charge is 0.361 e. The van der Waals surface area contributed by atoms with Crippen molar-refractivity contribution < 1.29 is 9.32 Å². The number of hydrogen-bond acceptors (Lipinski definition) is 3. The summed E-state index contributed by atoms with van der Waals surface area (Å²) in [7, 11) is 0. The monoisotopic (exact) mass is 339 g/mol. The van der Waals surface area contributed by atoms with Crippen molar-refractivity contribution in [1.29, 1.82) is 0 Å². The Hall–Kier alpha value is -1.72. The van der Waals surface area contributed by atoms with Gasteiger partial charge in [-0.05, 0) is 31.5 Å². The van der Waals surface area contributed by atoms with Crippen LogP contribution in [0.3, 0.4) is 0 Å². The van der Waals surface area contributed by atoms with Gasteiger partial charge in [-0.3, -0.25) is 0 Å². The molecule has 2 heterocycles. The summed E-state index contributed by atoms with van der Waals surface area (Å²) < 4.78 is 5.28. The minimum atomic E-state index is -0.178. The number of likely N-dealkylation sites (tertiary alicyclic amines) is 1. The molecule has 2 aromatic rings. The number of nitrogens with zero attached hydrogens (tertiary/aromatic N) is 2. The van der Waals surface area contributed by atoms with Gasteiger partial charge in [0.1, 0.15) is 5.76 Å². The number of benzene rings is 1. The van der Waals surface area contributed by atoms with E-state index in [0.29, 0.717) is 28.8 Å². The van der Waals surface area contributed by atoms with Gasteiger partial charge in [-0.25, -0.2) is 4.79 Å². The van der Waals surface area contributed by atoms with Crippen LogP contribution < -0.4 is 5.32 Å². The molecule has 0 spiro atoms. The van der Waals surface area contributed by atoms with E-state index in [4.69, 9.17) is 27.7 Å². The van der Waals surface area contributed by atoms with Crippen LogP contribution in [0.1, 0.15) is 23.8 Å². The molecule has 1 unspecified atom stereocenters. The number of carbonyl (C=O) groups excluding carboxylic acids is 1. The van der Waals surface area contributed by atoms with Gasteiger partial charge in [0.2, 0.25) is 0 Å². The predicted molar refractivity (Wildman–Crippen MR) is 85.7 cm³/mol. The van der Waals surface area contributed by atoms with E-state index in [9.17, 15) is 4.79 Å². The van der Waals surface area contributed by atoms with Crippen LogP contribution in [-0.2, 0) is 0 Å². The average molecular weight is 340 g/mol. The van der Waals surface area contributed by atoms with Gasteiger partial charge in [-0.1, -0.05) is 28.4 Å². The summed E-state index contributed by atoms with van der Waals surface area (Å²) in [5, 5.41) is 7.65. The summed E-state index contributed by atoms with van der Waals surface area (Å²) in [6.45, 7) is 3.15. The highest BCUT2D eigenvalue weighted by molar-refractivity contribution is 6.36. The van der Waals surface area contributed by atoms with Gasteiger partial charge in [0.25, 0.3) is 0 Å². The van der Waals surface area contributed by atoms with Gasteiger partial charge >= 0.3 is 6.03 Å². The number of hydrogen-bond donors (Lipinski definition) is 1. The molecule has 7 heteroatoms. The maximum atomic E-state index is 12.3. The van der Waals surface area contributed by atoms with Crippen molar-refractivity contribution in [1.82, 2.24) is 10.1 Å². The van der Waals surface area contributed by atoms with Crippen LogP contribution in [0.5, 0.6) is 0 Å². The highest BCUT2D eigenvalue weighted by Gasteiger charge is 2.30. The van der Waals surface area contributed by atoms with Crippen LogP contribution in [0.25, 0.3) is 0 Å². The highest BCUT2D eigenvalue weighted by atomic mass is 35.5. The Morgan fingerprint density at radius 3 is 2.91 bits per heavy atom. The normalized spacial score (nSPS) is 17.8.